The van der Waals surface area contributed by atoms with Crippen LogP contribution in [0.5, 0.6) is 5.75 Å². The van der Waals surface area contributed by atoms with Crippen LogP contribution in [0, 0.1) is 0 Å². The highest BCUT2D eigenvalue weighted by Crippen LogP contribution is 2.24. The summed E-state index contributed by atoms with van der Waals surface area (Å²) >= 11 is 7.66. The minimum Gasteiger partial charge on any atom is -0.484 e. The van der Waals surface area contributed by atoms with Crippen LogP contribution < -0.4 is 10.1 Å². The fourth-order valence-electron chi connectivity index (χ4n) is 2.77. The summed E-state index contributed by atoms with van der Waals surface area (Å²) in [6.07, 6.45) is 1.10. The van der Waals surface area contributed by atoms with Crippen molar-refractivity contribution < 1.29 is 9.53 Å². The molecule has 0 aliphatic carbocycles. The van der Waals surface area contributed by atoms with E-state index in [1.165, 1.54) is 10.4 Å². The third kappa shape index (κ3) is 4.50. The Labute approximate surface area is 151 Å². The van der Waals surface area contributed by atoms with Gasteiger partial charge in [0.2, 0.25) is 0 Å². The SMILES string of the molecule is CC(CNC(=O)COc1ccc(Cl)cc1)N1CCc2sccc2C1. The second kappa shape index (κ2) is 8.01. The molecule has 0 saturated carbocycles. The third-order valence-corrected chi connectivity index (χ3v) is 5.51. The normalized spacial score (nSPS) is 15.6. The van der Waals surface area contributed by atoms with E-state index in [1.54, 1.807) is 24.3 Å². The van der Waals surface area contributed by atoms with E-state index in [1.807, 2.05) is 11.3 Å². The number of nitrogens with zero attached hydrogens (tertiary/aromatic N) is 1. The third-order valence-electron chi connectivity index (χ3n) is 4.24. The van der Waals surface area contributed by atoms with E-state index in [0.29, 0.717) is 23.4 Å². The van der Waals surface area contributed by atoms with Crippen molar-refractivity contribution in [1.29, 1.82) is 0 Å². The van der Waals surface area contributed by atoms with Crippen LogP contribution in [0.3, 0.4) is 0 Å². The number of halogens is 1. The van der Waals surface area contributed by atoms with Crippen molar-refractivity contribution in [2.45, 2.75) is 25.9 Å². The maximum atomic E-state index is 11.9. The fourth-order valence-corrected chi connectivity index (χ4v) is 3.78. The lowest BCUT2D eigenvalue weighted by Gasteiger charge is -2.32. The van der Waals surface area contributed by atoms with Gasteiger partial charge in [0, 0.05) is 35.6 Å². The molecule has 0 radical (unpaired) electrons. The molecule has 1 N–H and O–H groups in total. The molecule has 3 rings (SSSR count). The van der Waals surface area contributed by atoms with Gasteiger partial charge in [-0.05, 0) is 54.6 Å². The summed E-state index contributed by atoms with van der Waals surface area (Å²) in [7, 11) is 0. The average Bonchev–Trinajstić information content (AvgIpc) is 3.06. The number of nitrogens with one attached hydrogen (secondary N) is 1. The zero-order valence-corrected chi connectivity index (χ0v) is 15.2. The Kier molecular flexibility index (Phi) is 5.76. The van der Waals surface area contributed by atoms with Crippen LogP contribution in [-0.2, 0) is 17.8 Å². The molecule has 0 spiro atoms. The molecule has 24 heavy (non-hydrogen) atoms. The number of amides is 1. The molecular formula is C18H21ClN2O2S. The van der Waals surface area contributed by atoms with Gasteiger partial charge in [-0.15, -0.1) is 11.3 Å². The highest BCUT2D eigenvalue weighted by molar-refractivity contribution is 7.10. The lowest BCUT2D eigenvalue weighted by atomic mass is 10.1. The first-order chi connectivity index (χ1) is 11.6. The molecule has 1 aliphatic heterocycles. The van der Waals surface area contributed by atoms with Gasteiger partial charge in [0.25, 0.3) is 5.91 Å². The molecule has 1 unspecified atom stereocenters. The van der Waals surface area contributed by atoms with E-state index in [4.69, 9.17) is 16.3 Å². The summed E-state index contributed by atoms with van der Waals surface area (Å²) in [6, 6.07) is 9.50. The van der Waals surface area contributed by atoms with E-state index < -0.39 is 0 Å². The number of benzene rings is 1. The predicted octanol–water partition coefficient (Wildman–Crippen LogP) is 3.34. The highest BCUT2D eigenvalue weighted by atomic mass is 35.5. The van der Waals surface area contributed by atoms with Gasteiger partial charge in [-0.2, -0.15) is 0 Å². The van der Waals surface area contributed by atoms with E-state index in [9.17, 15) is 4.79 Å². The number of hydrogen-bond donors (Lipinski definition) is 1. The van der Waals surface area contributed by atoms with Crippen LogP contribution in [0.2, 0.25) is 5.02 Å². The van der Waals surface area contributed by atoms with Gasteiger partial charge in [-0.1, -0.05) is 11.6 Å². The summed E-state index contributed by atoms with van der Waals surface area (Å²) in [5, 5.41) is 5.76. The molecule has 1 amide bonds. The van der Waals surface area contributed by atoms with E-state index in [2.05, 4.69) is 28.6 Å². The largest absolute Gasteiger partial charge is 0.484 e. The molecule has 128 valence electrons. The maximum Gasteiger partial charge on any atom is 0.257 e. The Balaban J connectivity index is 1.40. The molecule has 1 aromatic heterocycles. The number of fused-ring (bicyclic) bond motifs is 1. The van der Waals surface area contributed by atoms with Crippen LogP contribution >= 0.6 is 22.9 Å². The standard InChI is InChI=1S/C18H21ClN2O2S/c1-13(21-8-6-17-14(11-21)7-9-24-17)10-20-18(22)12-23-16-4-2-15(19)3-5-16/h2-5,7,9,13H,6,8,10-12H2,1H3,(H,20,22). The summed E-state index contributed by atoms with van der Waals surface area (Å²) in [4.78, 5) is 15.9. The molecule has 1 aromatic carbocycles. The van der Waals surface area contributed by atoms with Gasteiger partial charge in [0.15, 0.2) is 6.61 Å². The minimum absolute atomic E-state index is 0.0169. The van der Waals surface area contributed by atoms with Gasteiger partial charge in [0.05, 0.1) is 0 Å². The van der Waals surface area contributed by atoms with Gasteiger partial charge >= 0.3 is 0 Å². The topological polar surface area (TPSA) is 41.6 Å². The Morgan fingerprint density at radius 1 is 1.38 bits per heavy atom. The number of rotatable bonds is 6. The number of carbonyl (C=O) groups is 1. The Morgan fingerprint density at radius 2 is 2.17 bits per heavy atom. The molecule has 0 fully saturated rings. The van der Waals surface area contributed by atoms with Crippen molar-refractivity contribution in [1.82, 2.24) is 10.2 Å². The number of ether oxygens (including phenoxy) is 1. The molecule has 6 heteroatoms. The smallest absolute Gasteiger partial charge is 0.257 e. The van der Waals surface area contributed by atoms with E-state index in [-0.39, 0.29) is 12.5 Å². The monoisotopic (exact) mass is 364 g/mol. The van der Waals surface area contributed by atoms with Crippen LogP contribution in [0.25, 0.3) is 0 Å². The molecule has 1 aliphatic rings. The molecular weight excluding hydrogens is 344 g/mol. The van der Waals surface area contributed by atoms with Crippen LogP contribution in [0.15, 0.2) is 35.7 Å². The first-order valence-corrected chi connectivity index (χ1v) is 9.32. The first-order valence-electron chi connectivity index (χ1n) is 8.06. The molecule has 2 aromatic rings. The number of thiophene rings is 1. The fraction of sp³-hybridized carbons (Fsp3) is 0.389. The lowest BCUT2D eigenvalue weighted by Crippen LogP contribution is -2.45. The predicted molar refractivity (Wildman–Crippen MR) is 97.9 cm³/mol. The van der Waals surface area contributed by atoms with Crippen molar-refractivity contribution in [2.75, 3.05) is 19.7 Å². The summed E-state index contributed by atoms with van der Waals surface area (Å²) in [5.41, 5.74) is 1.43. The van der Waals surface area contributed by atoms with Crippen molar-refractivity contribution >= 4 is 28.8 Å². The Hall–Kier alpha value is -1.56. The van der Waals surface area contributed by atoms with Crippen molar-refractivity contribution in [3.63, 3.8) is 0 Å². The van der Waals surface area contributed by atoms with Crippen molar-refractivity contribution in [3.05, 3.63) is 51.2 Å². The van der Waals surface area contributed by atoms with Gasteiger partial charge in [-0.25, -0.2) is 0 Å². The molecule has 0 saturated heterocycles. The first kappa shape index (κ1) is 17.3. The van der Waals surface area contributed by atoms with Crippen LogP contribution in [-0.4, -0.2) is 36.5 Å². The van der Waals surface area contributed by atoms with E-state index >= 15 is 0 Å². The van der Waals surface area contributed by atoms with Crippen LogP contribution in [0.1, 0.15) is 17.4 Å². The van der Waals surface area contributed by atoms with Crippen molar-refractivity contribution in [3.8, 4) is 5.75 Å². The zero-order chi connectivity index (χ0) is 16.9. The van der Waals surface area contributed by atoms with Gasteiger partial charge in [-0.3, -0.25) is 9.69 Å². The quantitative estimate of drug-likeness (QED) is 0.854. The maximum absolute atomic E-state index is 11.9. The molecule has 4 nitrogen and oxygen atoms in total. The van der Waals surface area contributed by atoms with Gasteiger partial charge < -0.3 is 10.1 Å². The zero-order valence-electron chi connectivity index (χ0n) is 13.6. The molecule has 2 heterocycles. The number of carbonyl (C=O) groups excluding carboxylic acids is 1. The summed E-state index contributed by atoms with van der Waals surface area (Å²) < 4.78 is 5.45. The van der Waals surface area contributed by atoms with Crippen LogP contribution in [0.4, 0.5) is 0 Å². The lowest BCUT2D eigenvalue weighted by molar-refractivity contribution is -0.123. The summed E-state index contributed by atoms with van der Waals surface area (Å²) in [6.45, 7) is 4.81. The van der Waals surface area contributed by atoms with Gasteiger partial charge in [0.1, 0.15) is 5.75 Å². The molecule has 0 bridgehead atoms. The highest BCUT2D eigenvalue weighted by Gasteiger charge is 2.21. The van der Waals surface area contributed by atoms with Crippen molar-refractivity contribution in [2.24, 2.45) is 0 Å². The average molecular weight is 365 g/mol. The Morgan fingerprint density at radius 3 is 2.96 bits per heavy atom. The van der Waals surface area contributed by atoms with E-state index in [0.717, 1.165) is 19.5 Å². The minimum atomic E-state index is -0.106. The second-order valence-electron chi connectivity index (χ2n) is 5.99. The summed E-state index contributed by atoms with van der Waals surface area (Å²) in [5.74, 6) is 0.536. The second-order valence-corrected chi connectivity index (χ2v) is 7.42. The molecule has 1 atom stereocenters. The Bertz CT molecular complexity index is 687. The number of hydrogen-bond acceptors (Lipinski definition) is 4.